The summed E-state index contributed by atoms with van der Waals surface area (Å²) in [6, 6.07) is 12.9. The standard InChI is InChI=1S/C32H41F3N2O6Si/c1-31(2,3)44(4,5)42-18-17-41-25-13-9-23(10-14-25)27-15-16-36(30(39)40)21-28(27)29(38)37(24-11-12-24)20-22-7-6-8-26(19-22)43-32(33,34)35/h6-10,13-14,19,24H,11-12,15-18,20-21H2,1-5H3,(H,39,40). The molecule has 240 valence electrons. The van der Waals surface area contributed by atoms with Crippen LogP contribution >= 0.6 is 0 Å². The van der Waals surface area contributed by atoms with Crippen molar-refractivity contribution >= 4 is 25.9 Å². The first-order chi connectivity index (χ1) is 20.5. The van der Waals surface area contributed by atoms with E-state index in [9.17, 15) is 27.9 Å². The number of nitrogens with zero attached hydrogens (tertiary/aromatic N) is 2. The van der Waals surface area contributed by atoms with Crippen molar-refractivity contribution in [2.75, 3.05) is 26.3 Å². The summed E-state index contributed by atoms with van der Waals surface area (Å²) in [5, 5.41) is 9.80. The average molecular weight is 635 g/mol. The summed E-state index contributed by atoms with van der Waals surface area (Å²) < 4.78 is 54.5. The van der Waals surface area contributed by atoms with Gasteiger partial charge in [-0.2, -0.15) is 0 Å². The molecule has 1 saturated carbocycles. The lowest BCUT2D eigenvalue weighted by Gasteiger charge is -2.36. The van der Waals surface area contributed by atoms with Gasteiger partial charge in [0.25, 0.3) is 5.91 Å². The Morgan fingerprint density at radius 1 is 1.02 bits per heavy atom. The van der Waals surface area contributed by atoms with E-state index in [-0.39, 0.29) is 42.4 Å². The van der Waals surface area contributed by atoms with Crippen LogP contribution < -0.4 is 9.47 Å². The first-order valence-electron chi connectivity index (χ1n) is 14.8. The molecule has 2 aliphatic rings. The molecule has 2 aromatic rings. The zero-order valence-corrected chi connectivity index (χ0v) is 26.9. The van der Waals surface area contributed by atoms with Gasteiger partial charge in [-0.15, -0.1) is 13.2 Å². The highest BCUT2D eigenvalue weighted by Gasteiger charge is 2.38. The van der Waals surface area contributed by atoms with Crippen LogP contribution in [0.1, 0.15) is 51.2 Å². The Morgan fingerprint density at radius 2 is 1.70 bits per heavy atom. The molecular formula is C32H41F3N2O6Si. The first kappa shape index (κ1) is 33.4. The van der Waals surface area contributed by atoms with Crippen LogP contribution in [-0.4, -0.2) is 73.9 Å². The third kappa shape index (κ3) is 8.78. The summed E-state index contributed by atoms with van der Waals surface area (Å²) in [5.41, 5.74) is 2.39. The number of rotatable bonds is 11. The summed E-state index contributed by atoms with van der Waals surface area (Å²) in [6.07, 6.45) is -4.07. The Hall–Kier alpha value is -3.51. The van der Waals surface area contributed by atoms with E-state index in [4.69, 9.17) is 9.16 Å². The van der Waals surface area contributed by atoms with Gasteiger partial charge in [-0.3, -0.25) is 4.79 Å². The van der Waals surface area contributed by atoms with Gasteiger partial charge < -0.3 is 28.8 Å². The quantitative estimate of drug-likeness (QED) is 0.206. The van der Waals surface area contributed by atoms with Crippen LogP contribution in [0.3, 0.4) is 0 Å². The fourth-order valence-corrected chi connectivity index (χ4v) is 5.86. The molecule has 1 aliphatic heterocycles. The first-order valence-corrected chi connectivity index (χ1v) is 17.7. The Balaban J connectivity index is 1.52. The monoisotopic (exact) mass is 634 g/mol. The molecule has 8 nitrogen and oxygen atoms in total. The van der Waals surface area contributed by atoms with Crippen molar-refractivity contribution in [3.05, 3.63) is 65.2 Å². The van der Waals surface area contributed by atoms with Crippen LogP contribution in [0.4, 0.5) is 18.0 Å². The second-order valence-electron chi connectivity index (χ2n) is 12.8. The van der Waals surface area contributed by atoms with Gasteiger partial charge in [0.15, 0.2) is 8.32 Å². The molecule has 0 atom stereocenters. The largest absolute Gasteiger partial charge is 0.573 e. The van der Waals surface area contributed by atoms with Gasteiger partial charge in [0.1, 0.15) is 18.1 Å². The van der Waals surface area contributed by atoms with Crippen LogP contribution in [0.15, 0.2) is 54.1 Å². The molecule has 2 amide bonds. The maximum atomic E-state index is 14.0. The number of halogens is 3. The fraction of sp³-hybridized carbons (Fsp3) is 0.500. The predicted molar refractivity (Wildman–Crippen MR) is 163 cm³/mol. The lowest BCUT2D eigenvalue weighted by atomic mass is 9.92. The minimum Gasteiger partial charge on any atom is -0.491 e. The molecule has 1 heterocycles. The minimum absolute atomic E-state index is 0.0755. The van der Waals surface area contributed by atoms with E-state index in [0.29, 0.717) is 36.5 Å². The molecule has 1 N–H and O–H groups in total. The molecule has 0 unspecified atom stereocenters. The van der Waals surface area contributed by atoms with Crippen molar-refractivity contribution in [3.8, 4) is 11.5 Å². The molecule has 12 heteroatoms. The number of ether oxygens (including phenoxy) is 2. The number of benzene rings is 2. The lowest BCUT2D eigenvalue weighted by Crippen LogP contribution is -2.42. The summed E-state index contributed by atoms with van der Waals surface area (Å²) in [7, 11) is -1.88. The molecule has 0 saturated heterocycles. The van der Waals surface area contributed by atoms with Gasteiger partial charge in [-0.1, -0.05) is 45.0 Å². The van der Waals surface area contributed by atoms with E-state index in [0.717, 1.165) is 24.0 Å². The fourth-order valence-electron chi connectivity index (χ4n) is 4.83. The Morgan fingerprint density at radius 3 is 2.30 bits per heavy atom. The molecular weight excluding hydrogens is 593 g/mol. The average Bonchev–Trinajstić information content (AvgIpc) is 3.78. The predicted octanol–water partition coefficient (Wildman–Crippen LogP) is 7.31. The highest BCUT2D eigenvalue weighted by Crippen LogP contribution is 2.37. The molecule has 4 rings (SSSR count). The van der Waals surface area contributed by atoms with Gasteiger partial charge in [0, 0.05) is 24.7 Å². The minimum atomic E-state index is -4.83. The zero-order chi connectivity index (χ0) is 32.3. The van der Waals surface area contributed by atoms with Crippen molar-refractivity contribution in [2.24, 2.45) is 0 Å². The zero-order valence-electron chi connectivity index (χ0n) is 25.9. The number of hydrogen-bond acceptors (Lipinski definition) is 5. The number of hydrogen-bond donors (Lipinski definition) is 1. The molecule has 44 heavy (non-hydrogen) atoms. The summed E-state index contributed by atoms with van der Waals surface area (Å²) >= 11 is 0. The van der Waals surface area contributed by atoms with Crippen LogP contribution in [0.5, 0.6) is 11.5 Å². The van der Waals surface area contributed by atoms with Gasteiger partial charge in [-0.25, -0.2) is 4.79 Å². The maximum Gasteiger partial charge on any atom is 0.573 e. The van der Waals surface area contributed by atoms with E-state index >= 15 is 0 Å². The number of amides is 2. The third-order valence-electron chi connectivity index (χ3n) is 8.43. The topological polar surface area (TPSA) is 88.5 Å². The van der Waals surface area contributed by atoms with Crippen molar-refractivity contribution in [2.45, 2.75) is 77.1 Å². The molecule has 1 fully saturated rings. The van der Waals surface area contributed by atoms with Crippen molar-refractivity contribution < 1.29 is 41.8 Å². The highest BCUT2D eigenvalue weighted by atomic mass is 28.4. The molecule has 0 aromatic heterocycles. The van der Waals surface area contributed by atoms with Crippen LogP contribution in [0.2, 0.25) is 18.1 Å². The molecule has 0 radical (unpaired) electrons. The van der Waals surface area contributed by atoms with E-state index in [1.807, 2.05) is 24.3 Å². The Bertz CT molecular complexity index is 1370. The second kappa shape index (κ2) is 13.2. The molecule has 0 bridgehead atoms. The van der Waals surface area contributed by atoms with Crippen LogP contribution in [0.25, 0.3) is 5.57 Å². The van der Waals surface area contributed by atoms with E-state index < -0.39 is 20.8 Å². The van der Waals surface area contributed by atoms with E-state index in [2.05, 4.69) is 38.6 Å². The Labute approximate surface area is 257 Å². The number of carbonyl (C=O) groups excluding carboxylic acids is 1. The van der Waals surface area contributed by atoms with Crippen molar-refractivity contribution in [1.82, 2.24) is 9.80 Å². The summed E-state index contributed by atoms with van der Waals surface area (Å²) in [5.74, 6) is -0.0232. The SMILES string of the molecule is CC(C)(C)[Si](C)(C)OCCOc1ccc(C2=C(C(=O)N(Cc3cccc(OC(F)(F)F)c3)C3CC3)CN(C(=O)O)CC2)cc1. The maximum absolute atomic E-state index is 14.0. The number of carboxylic acid groups (broad SMARTS) is 1. The van der Waals surface area contributed by atoms with Crippen LogP contribution in [-0.2, 0) is 15.8 Å². The molecule has 1 aliphatic carbocycles. The summed E-state index contributed by atoms with van der Waals surface area (Å²) in [4.78, 5) is 28.7. The Kier molecular flexibility index (Phi) is 10.0. The van der Waals surface area contributed by atoms with Crippen molar-refractivity contribution in [1.29, 1.82) is 0 Å². The molecule has 0 spiro atoms. The van der Waals surface area contributed by atoms with E-state index in [1.165, 1.54) is 23.1 Å². The van der Waals surface area contributed by atoms with Crippen molar-refractivity contribution in [3.63, 3.8) is 0 Å². The van der Waals surface area contributed by atoms with E-state index in [1.54, 1.807) is 11.0 Å². The van der Waals surface area contributed by atoms with Crippen LogP contribution in [0, 0.1) is 0 Å². The van der Waals surface area contributed by atoms with Gasteiger partial charge in [0.2, 0.25) is 0 Å². The molecule has 2 aromatic carbocycles. The normalized spacial score (nSPS) is 16.1. The number of carbonyl (C=O) groups is 2. The lowest BCUT2D eigenvalue weighted by molar-refractivity contribution is -0.274. The number of alkyl halides is 3. The third-order valence-corrected chi connectivity index (χ3v) is 13.0. The van der Waals surface area contributed by atoms with Gasteiger partial charge >= 0.3 is 12.5 Å². The van der Waals surface area contributed by atoms with Gasteiger partial charge in [0.05, 0.1) is 13.2 Å². The highest BCUT2D eigenvalue weighted by molar-refractivity contribution is 6.74. The smallest absolute Gasteiger partial charge is 0.491 e. The second-order valence-corrected chi connectivity index (χ2v) is 17.6. The van der Waals surface area contributed by atoms with Gasteiger partial charge in [-0.05, 0) is 78.4 Å². The summed E-state index contributed by atoms with van der Waals surface area (Å²) in [6.45, 7) is 12.0.